The van der Waals surface area contributed by atoms with Crippen molar-refractivity contribution < 1.29 is 9.90 Å². The van der Waals surface area contributed by atoms with Gasteiger partial charge in [-0.1, -0.05) is 48.5 Å². The topological polar surface area (TPSA) is 52.6 Å². The summed E-state index contributed by atoms with van der Waals surface area (Å²) in [4.78, 5) is 10.8. The quantitative estimate of drug-likeness (QED) is 0.834. The van der Waals surface area contributed by atoms with Crippen molar-refractivity contribution in [3.63, 3.8) is 0 Å². The van der Waals surface area contributed by atoms with Gasteiger partial charge in [-0.05, 0) is 36.3 Å². The molecule has 0 amide bonds. The summed E-state index contributed by atoms with van der Waals surface area (Å²) in [6.07, 6.45) is 0. The Bertz CT molecular complexity index is 597. The van der Waals surface area contributed by atoms with Crippen LogP contribution in [0.1, 0.15) is 17.0 Å². The number of nitrogens with one attached hydrogen (secondary N) is 1. The van der Waals surface area contributed by atoms with Crippen LogP contribution in [0, 0.1) is 0 Å². The Morgan fingerprint density at radius 1 is 1.09 bits per heavy atom. The molecule has 0 heterocycles. The van der Waals surface area contributed by atoms with E-state index in [0.717, 1.165) is 19.6 Å². The Morgan fingerprint density at radius 3 is 2.04 bits per heavy atom. The number of carbonyl (C=O) groups is 1. The zero-order chi connectivity index (χ0) is 16.7. The molecule has 0 bridgehead atoms. The van der Waals surface area contributed by atoms with Crippen molar-refractivity contribution in [3.05, 3.63) is 59.7 Å². The first-order valence-electron chi connectivity index (χ1n) is 7.82. The molecular formula is C19H24N2O2. The number of rotatable bonds is 5. The van der Waals surface area contributed by atoms with Crippen molar-refractivity contribution in [2.75, 3.05) is 33.7 Å². The van der Waals surface area contributed by atoms with Crippen LogP contribution >= 0.6 is 0 Å². The fourth-order valence-electron chi connectivity index (χ4n) is 3.16. The van der Waals surface area contributed by atoms with Gasteiger partial charge in [0.25, 0.3) is 6.47 Å². The second-order valence-corrected chi connectivity index (χ2v) is 5.70. The summed E-state index contributed by atoms with van der Waals surface area (Å²) in [6, 6.07) is 17.7. The van der Waals surface area contributed by atoms with E-state index in [9.17, 15) is 0 Å². The molecule has 0 saturated carbocycles. The lowest BCUT2D eigenvalue weighted by Crippen LogP contribution is -2.30. The van der Waals surface area contributed by atoms with Gasteiger partial charge in [0.2, 0.25) is 0 Å². The SMILES string of the molecule is CNCCN(C)CC1c2ccccc2-c2ccccc21.O=CO. The van der Waals surface area contributed by atoms with Crippen molar-refractivity contribution in [1.29, 1.82) is 0 Å². The standard InChI is InChI=1S/C18H22N2.CH2O2/c1-19-11-12-20(2)13-18-16-9-5-3-7-14(16)15-8-4-6-10-17(15)18;2-1-3/h3-10,18-19H,11-13H2,1-2H3;1H,(H,2,3). The fraction of sp³-hybridized carbons (Fsp3) is 0.316. The van der Waals surface area contributed by atoms with Gasteiger partial charge in [0, 0.05) is 25.6 Å². The number of hydrogen-bond acceptors (Lipinski definition) is 3. The summed E-state index contributed by atoms with van der Waals surface area (Å²) in [7, 11) is 4.22. The highest BCUT2D eigenvalue weighted by atomic mass is 16.3. The smallest absolute Gasteiger partial charge is 0.290 e. The molecule has 4 nitrogen and oxygen atoms in total. The minimum Gasteiger partial charge on any atom is -0.483 e. The number of carboxylic acid groups (broad SMARTS) is 1. The normalized spacial score (nSPS) is 12.3. The first-order valence-corrected chi connectivity index (χ1v) is 7.82. The number of likely N-dealkylation sites (N-methyl/N-ethyl adjacent to an activating group) is 2. The highest BCUT2D eigenvalue weighted by molar-refractivity contribution is 5.78. The number of hydrogen-bond donors (Lipinski definition) is 2. The molecule has 23 heavy (non-hydrogen) atoms. The van der Waals surface area contributed by atoms with Crippen molar-refractivity contribution >= 4 is 6.47 Å². The van der Waals surface area contributed by atoms with Crippen LogP contribution in [0.3, 0.4) is 0 Å². The Hall–Kier alpha value is -2.17. The van der Waals surface area contributed by atoms with E-state index in [2.05, 4.69) is 65.8 Å². The number of benzene rings is 2. The number of nitrogens with zero attached hydrogens (tertiary/aromatic N) is 1. The predicted molar refractivity (Wildman–Crippen MR) is 93.8 cm³/mol. The lowest BCUT2D eigenvalue weighted by atomic mass is 9.96. The molecule has 2 N–H and O–H groups in total. The zero-order valence-corrected chi connectivity index (χ0v) is 13.7. The summed E-state index contributed by atoms with van der Waals surface area (Å²) in [6.45, 7) is 2.94. The maximum absolute atomic E-state index is 8.36. The molecule has 0 fully saturated rings. The van der Waals surface area contributed by atoms with E-state index >= 15 is 0 Å². The van der Waals surface area contributed by atoms with E-state index in [4.69, 9.17) is 9.90 Å². The van der Waals surface area contributed by atoms with Crippen LogP contribution in [0.25, 0.3) is 11.1 Å². The first-order chi connectivity index (χ1) is 11.2. The Morgan fingerprint density at radius 2 is 1.57 bits per heavy atom. The maximum atomic E-state index is 8.36. The van der Waals surface area contributed by atoms with E-state index in [0.29, 0.717) is 5.92 Å². The van der Waals surface area contributed by atoms with Gasteiger partial charge >= 0.3 is 0 Å². The Kier molecular flexibility index (Phi) is 6.32. The summed E-state index contributed by atoms with van der Waals surface area (Å²) in [5.74, 6) is 0.504. The van der Waals surface area contributed by atoms with Crippen molar-refractivity contribution in [1.82, 2.24) is 10.2 Å². The molecule has 0 aliphatic heterocycles. The van der Waals surface area contributed by atoms with Gasteiger partial charge in [-0.25, -0.2) is 0 Å². The Labute approximate surface area is 137 Å². The van der Waals surface area contributed by atoms with Gasteiger partial charge in [0.1, 0.15) is 0 Å². The molecule has 122 valence electrons. The van der Waals surface area contributed by atoms with Crippen molar-refractivity contribution in [3.8, 4) is 11.1 Å². The van der Waals surface area contributed by atoms with E-state index in [1.807, 2.05) is 7.05 Å². The lowest BCUT2D eigenvalue weighted by Gasteiger charge is -2.22. The zero-order valence-electron chi connectivity index (χ0n) is 13.7. The third-order valence-corrected chi connectivity index (χ3v) is 4.20. The third-order valence-electron chi connectivity index (χ3n) is 4.20. The monoisotopic (exact) mass is 312 g/mol. The molecule has 0 radical (unpaired) electrons. The van der Waals surface area contributed by atoms with Gasteiger partial charge in [-0.2, -0.15) is 0 Å². The van der Waals surface area contributed by atoms with Crippen LogP contribution in [0.4, 0.5) is 0 Å². The molecule has 3 rings (SSSR count). The third kappa shape index (κ3) is 3.97. The van der Waals surface area contributed by atoms with Gasteiger partial charge < -0.3 is 15.3 Å². The van der Waals surface area contributed by atoms with Gasteiger partial charge in [-0.3, -0.25) is 4.79 Å². The average molecular weight is 312 g/mol. The molecule has 2 aromatic rings. The second-order valence-electron chi connectivity index (χ2n) is 5.70. The molecule has 0 aromatic heterocycles. The Balaban J connectivity index is 0.000000595. The highest BCUT2D eigenvalue weighted by Gasteiger charge is 2.28. The summed E-state index contributed by atoms with van der Waals surface area (Å²) >= 11 is 0. The molecule has 1 aliphatic carbocycles. The molecule has 0 saturated heterocycles. The molecule has 0 spiro atoms. The van der Waals surface area contributed by atoms with Gasteiger partial charge in [-0.15, -0.1) is 0 Å². The molecule has 2 aromatic carbocycles. The lowest BCUT2D eigenvalue weighted by molar-refractivity contribution is -0.122. The predicted octanol–water partition coefficient (Wildman–Crippen LogP) is 2.65. The largest absolute Gasteiger partial charge is 0.483 e. The van der Waals surface area contributed by atoms with Crippen LogP contribution in [0.5, 0.6) is 0 Å². The minimum absolute atomic E-state index is 0.250. The van der Waals surface area contributed by atoms with E-state index in [1.165, 1.54) is 22.3 Å². The minimum atomic E-state index is -0.250. The van der Waals surface area contributed by atoms with E-state index < -0.39 is 0 Å². The van der Waals surface area contributed by atoms with Crippen molar-refractivity contribution in [2.45, 2.75) is 5.92 Å². The van der Waals surface area contributed by atoms with Crippen LogP contribution < -0.4 is 5.32 Å². The van der Waals surface area contributed by atoms with E-state index in [1.54, 1.807) is 0 Å². The number of fused-ring (bicyclic) bond motifs is 3. The maximum Gasteiger partial charge on any atom is 0.290 e. The summed E-state index contributed by atoms with van der Waals surface area (Å²) in [5, 5.41) is 10.1. The van der Waals surface area contributed by atoms with Gasteiger partial charge in [0.15, 0.2) is 0 Å². The van der Waals surface area contributed by atoms with Gasteiger partial charge in [0.05, 0.1) is 0 Å². The van der Waals surface area contributed by atoms with Crippen LogP contribution in [0.15, 0.2) is 48.5 Å². The van der Waals surface area contributed by atoms with Crippen LogP contribution in [-0.2, 0) is 4.79 Å². The molecule has 4 heteroatoms. The van der Waals surface area contributed by atoms with E-state index in [-0.39, 0.29) is 6.47 Å². The second kappa shape index (κ2) is 8.46. The van der Waals surface area contributed by atoms with Crippen LogP contribution in [0.2, 0.25) is 0 Å². The summed E-state index contributed by atoms with van der Waals surface area (Å²) < 4.78 is 0. The molecule has 0 unspecified atom stereocenters. The molecule has 0 atom stereocenters. The molecule has 1 aliphatic rings. The summed E-state index contributed by atoms with van der Waals surface area (Å²) in [5.41, 5.74) is 5.78. The fourth-order valence-corrected chi connectivity index (χ4v) is 3.16. The highest BCUT2D eigenvalue weighted by Crippen LogP contribution is 2.44. The first kappa shape index (κ1) is 17.2. The van der Waals surface area contributed by atoms with Crippen LogP contribution in [-0.4, -0.2) is 50.2 Å². The molecular weight excluding hydrogens is 288 g/mol. The average Bonchev–Trinajstić information content (AvgIpc) is 2.88. The van der Waals surface area contributed by atoms with Crippen molar-refractivity contribution in [2.24, 2.45) is 0 Å².